The maximum atomic E-state index is 13.3. The lowest BCUT2D eigenvalue weighted by atomic mass is 9.81. The smallest absolute Gasteiger partial charge is 0.123 e. The summed E-state index contributed by atoms with van der Waals surface area (Å²) in [6.45, 7) is 2.26. The fourth-order valence-corrected chi connectivity index (χ4v) is 3.34. The molecular weight excluding hydrogens is 201 g/mol. The van der Waals surface area contributed by atoms with Crippen LogP contribution >= 0.6 is 0 Å². The van der Waals surface area contributed by atoms with Crippen molar-refractivity contribution in [2.24, 2.45) is 5.92 Å². The number of nitrogens with one attached hydrogen (secondary N) is 1. The molecule has 1 fully saturated rings. The number of piperidine rings is 1. The quantitative estimate of drug-likeness (QED) is 0.766. The van der Waals surface area contributed by atoms with Crippen molar-refractivity contribution in [2.45, 2.75) is 31.6 Å². The fraction of sp³-hybridized carbons (Fsp3) is 0.571. The Morgan fingerprint density at radius 2 is 1.94 bits per heavy atom. The summed E-state index contributed by atoms with van der Waals surface area (Å²) in [5.41, 5.74) is 2.68. The lowest BCUT2D eigenvalue weighted by Crippen LogP contribution is -2.30. The molecule has 1 aromatic carbocycles. The van der Waals surface area contributed by atoms with Gasteiger partial charge in [-0.1, -0.05) is 6.07 Å². The van der Waals surface area contributed by atoms with Gasteiger partial charge in [0.1, 0.15) is 5.82 Å². The highest BCUT2D eigenvalue weighted by atomic mass is 19.1. The maximum absolute atomic E-state index is 13.3. The predicted octanol–water partition coefficient (Wildman–Crippen LogP) is 2.86. The van der Waals surface area contributed by atoms with Crippen molar-refractivity contribution in [3.63, 3.8) is 0 Å². The molecule has 1 N–H and O–H groups in total. The van der Waals surface area contributed by atoms with Gasteiger partial charge in [0.2, 0.25) is 0 Å². The summed E-state index contributed by atoms with van der Waals surface area (Å²) in [6.07, 6.45) is 4.87. The Morgan fingerprint density at radius 3 is 2.75 bits per heavy atom. The van der Waals surface area contributed by atoms with Crippen LogP contribution in [0.5, 0.6) is 0 Å². The largest absolute Gasteiger partial charge is 0.317 e. The monoisotopic (exact) mass is 219 g/mol. The highest BCUT2D eigenvalue weighted by Crippen LogP contribution is 2.41. The van der Waals surface area contributed by atoms with Crippen molar-refractivity contribution in [1.82, 2.24) is 5.32 Å². The third kappa shape index (κ3) is 1.75. The Morgan fingerprint density at radius 1 is 1.12 bits per heavy atom. The van der Waals surface area contributed by atoms with E-state index in [9.17, 15) is 4.39 Å². The second-order valence-electron chi connectivity index (χ2n) is 5.08. The van der Waals surface area contributed by atoms with Gasteiger partial charge in [0.15, 0.2) is 0 Å². The highest BCUT2D eigenvalue weighted by molar-refractivity contribution is 5.36. The lowest BCUT2D eigenvalue weighted by Gasteiger charge is -2.28. The highest BCUT2D eigenvalue weighted by Gasteiger charge is 2.30. The van der Waals surface area contributed by atoms with Crippen molar-refractivity contribution in [3.05, 3.63) is 35.1 Å². The summed E-state index contributed by atoms with van der Waals surface area (Å²) in [6, 6.07) is 5.35. The van der Waals surface area contributed by atoms with Crippen LogP contribution in [-0.4, -0.2) is 13.1 Å². The van der Waals surface area contributed by atoms with E-state index in [1.807, 2.05) is 6.07 Å². The zero-order chi connectivity index (χ0) is 11.0. The third-order valence-corrected chi connectivity index (χ3v) is 4.18. The van der Waals surface area contributed by atoms with Crippen LogP contribution in [0.15, 0.2) is 18.2 Å². The second-order valence-corrected chi connectivity index (χ2v) is 5.08. The molecule has 1 nitrogen and oxygen atoms in total. The molecule has 0 saturated carbocycles. The lowest BCUT2D eigenvalue weighted by molar-refractivity contribution is 0.316. The van der Waals surface area contributed by atoms with Gasteiger partial charge in [0.05, 0.1) is 0 Å². The summed E-state index contributed by atoms with van der Waals surface area (Å²) in [5.74, 6) is 1.32. The number of hydrogen-bond donors (Lipinski definition) is 1. The first-order chi connectivity index (χ1) is 7.84. The number of benzene rings is 1. The Labute approximate surface area is 96.1 Å². The summed E-state index contributed by atoms with van der Waals surface area (Å²) in [4.78, 5) is 0. The summed E-state index contributed by atoms with van der Waals surface area (Å²) < 4.78 is 13.3. The molecule has 86 valence electrons. The van der Waals surface area contributed by atoms with Crippen LogP contribution in [0.1, 0.15) is 36.3 Å². The molecule has 0 aromatic heterocycles. The molecule has 1 saturated heterocycles. The third-order valence-electron chi connectivity index (χ3n) is 4.18. The van der Waals surface area contributed by atoms with Crippen molar-refractivity contribution in [2.75, 3.05) is 13.1 Å². The van der Waals surface area contributed by atoms with E-state index in [0.29, 0.717) is 5.92 Å². The van der Waals surface area contributed by atoms with Gasteiger partial charge in [-0.3, -0.25) is 0 Å². The van der Waals surface area contributed by atoms with Crippen molar-refractivity contribution >= 4 is 0 Å². The summed E-state index contributed by atoms with van der Waals surface area (Å²) in [5, 5.41) is 3.40. The number of halogens is 1. The molecule has 0 amide bonds. The average Bonchev–Trinajstić information content (AvgIpc) is 2.73. The van der Waals surface area contributed by atoms with Gasteiger partial charge in [0.25, 0.3) is 0 Å². The van der Waals surface area contributed by atoms with Crippen molar-refractivity contribution in [3.8, 4) is 0 Å². The van der Waals surface area contributed by atoms with Gasteiger partial charge in [-0.25, -0.2) is 4.39 Å². The van der Waals surface area contributed by atoms with E-state index in [-0.39, 0.29) is 5.82 Å². The molecule has 1 aromatic rings. The maximum Gasteiger partial charge on any atom is 0.123 e. The van der Waals surface area contributed by atoms with Crippen LogP contribution in [0.25, 0.3) is 0 Å². The molecule has 2 heteroatoms. The van der Waals surface area contributed by atoms with Crippen molar-refractivity contribution in [1.29, 1.82) is 0 Å². The minimum atomic E-state index is -0.0698. The second kappa shape index (κ2) is 4.17. The fourth-order valence-electron chi connectivity index (χ4n) is 3.34. The van der Waals surface area contributed by atoms with Gasteiger partial charge in [-0.05, 0) is 73.9 Å². The van der Waals surface area contributed by atoms with Gasteiger partial charge >= 0.3 is 0 Å². The summed E-state index contributed by atoms with van der Waals surface area (Å²) in [7, 11) is 0. The van der Waals surface area contributed by atoms with E-state index in [2.05, 4.69) is 5.32 Å². The van der Waals surface area contributed by atoms with E-state index >= 15 is 0 Å². The van der Waals surface area contributed by atoms with E-state index in [1.54, 1.807) is 12.1 Å². The predicted molar refractivity (Wildman–Crippen MR) is 63.1 cm³/mol. The van der Waals surface area contributed by atoms with Crippen LogP contribution < -0.4 is 5.32 Å². The molecule has 0 radical (unpaired) electrons. The SMILES string of the molecule is Fc1ccc2c(c1)C(C1CCNCC1)CC2. The standard InChI is InChI=1S/C14H18FN/c15-12-3-1-10-2-4-13(14(10)9-12)11-5-7-16-8-6-11/h1,3,9,11,13,16H,2,4-8H2. The van der Waals surface area contributed by atoms with E-state index < -0.39 is 0 Å². The number of fused-ring (bicyclic) bond motifs is 1. The minimum Gasteiger partial charge on any atom is -0.317 e. The molecule has 2 aliphatic rings. The Balaban J connectivity index is 1.86. The molecule has 0 spiro atoms. The minimum absolute atomic E-state index is 0.0698. The first kappa shape index (κ1) is 10.3. The first-order valence-electron chi connectivity index (χ1n) is 6.33. The van der Waals surface area contributed by atoms with Crippen LogP contribution in [-0.2, 0) is 6.42 Å². The molecule has 16 heavy (non-hydrogen) atoms. The van der Waals surface area contributed by atoms with Gasteiger partial charge in [-0.15, -0.1) is 0 Å². The molecule has 1 heterocycles. The molecule has 1 atom stereocenters. The van der Waals surface area contributed by atoms with Crippen LogP contribution in [0.4, 0.5) is 4.39 Å². The molecule has 1 aliphatic carbocycles. The number of hydrogen-bond acceptors (Lipinski definition) is 1. The zero-order valence-corrected chi connectivity index (χ0v) is 9.51. The normalized spacial score (nSPS) is 25.7. The van der Waals surface area contributed by atoms with Gasteiger partial charge < -0.3 is 5.32 Å². The topological polar surface area (TPSA) is 12.0 Å². The Bertz CT molecular complexity index is 382. The average molecular weight is 219 g/mol. The van der Waals surface area contributed by atoms with E-state index in [4.69, 9.17) is 0 Å². The molecule has 3 rings (SSSR count). The Hall–Kier alpha value is -0.890. The summed E-state index contributed by atoms with van der Waals surface area (Å²) >= 11 is 0. The van der Waals surface area contributed by atoms with Crippen LogP contribution in [0.3, 0.4) is 0 Å². The molecule has 0 bridgehead atoms. The number of aryl methyl sites for hydroxylation is 1. The first-order valence-corrected chi connectivity index (χ1v) is 6.33. The number of rotatable bonds is 1. The Kier molecular flexibility index (Phi) is 2.68. The van der Waals surface area contributed by atoms with E-state index in [1.165, 1.54) is 30.4 Å². The molecule has 1 aliphatic heterocycles. The van der Waals surface area contributed by atoms with Crippen LogP contribution in [0.2, 0.25) is 0 Å². The van der Waals surface area contributed by atoms with E-state index in [0.717, 1.165) is 25.4 Å². The molecular formula is C14H18FN. The zero-order valence-electron chi connectivity index (χ0n) is 9.51. The van der Waals surface area contributed by atoms with Crippen LogP contribution in [0, 0.1) is 11.7 Å². The van der Waals surface area contributed by atoms with Crippen molar-refractivity contribution < 1.29 is 4.39 Å². The molecule has 1 unspecified atom stereocenters. The van der Waals surface area contributed by atoms with Gasteiger partial charge in [0, 0.05) is 0 Å². The van der Waals surface area contributed by atoms with Gasteiger partial charge in [-0.2, -0.15) is 0 Å².